The van der Waals surface area contributed by atoms with Crippen LogP contribution in [0.1, 0.15) is 11.1 Å². The first-order valence-corrected chi connectivity index (χ1v) is 15.9. The first-order valence-electron chi connectivity index (χ1n) is 15.9. The van der Waals surface area contributed by atoms with E-state index in [-0.39, 0.29) is 6.15 Å². The first-order chi connectivity index (χ1) is 22.8. The molecule has 1 aromatic heterocycles. The third kappa shape index (κ3) is 4.85. The highest BCUT2D eigenvalue weighted by atomic mass is 15.1. The molecule has 224 valence electrons. The Kier molecular flexibility index (Phi) is 7.09. The Bertz CT molecular complexity index is 2350. The van der Waals surface area contributed by atoms with Gasteiger partial charge in [0.2, 0.25) is 0 Å². The lowest BCUT2D eigenvalue weighted by Gasteiger charge is -2.16. The Hall–Kier alpha value is -6.03. The molecule has 0 saturated carbocycles. The van der Waals surface area contributed by atoms with Gasteiger partial charge in [-0.1, -0.05) is 146 Å². The van der Waals surface area contributed by atoms with E-state index >= 15 is 0 Å². The lowest BCUT2D eigenvalue weighted by atomic mass is 9.88. The highest BCUT2D eigenvalue weighted by molar-refractivity contribution is 5.94. The zero-order valence-corrected chi connectivity index (χ0v) is 26.0. The summed E-state index contributed by atoms with van der Waals surface area (Å²) in [5, 5.41) is 0. The summed E-state index contributed by atoms with van der Waals surface area (Å²) in [6.07, 6.45) is 0.919. The Morgan fingerprint density at radius 2 is 1.02 bits per heavy atom. The van der Waals surface area contributed by atoms with Gasteiger partial charge in [0.25, 0.3) is 0 Å². The maximum Gasteiger partial charge on any atom is 0.145 e. The fraction of sp³-hybridized carbons (Fsp3) is 0.0227. The highest BCUT2D eigenvalue weighted by Crippen LogP contribution is 2.46. The third-order valence-electron chi connectivity index (χ3n) is 9.27. The van der Waals surface area contributed by atoms with E-state index in [0.29, 0.717) is 0 Å². The number of para-hydroxylation sites is 3. The first kappa shape index (κ1) is 28.4. The van der Waals surface area contributed by atoms with Crippen LogP contribution < -0.4 is 6.15 Å². The third-order valence-corrected chi connectivity index (χ3v) is 9.27. The molecule has 8 aromatic rings. The van der Waals surface area contributed by atoms with E-state index in [9.17, 15) is 0 Å². The molecule has 3 N–H and O–H groups in total. The molecule has 3 heteroatoms. The summed E-state index contributed by atoms with van der Waals surface area (Å²) >= 11 is 0. The molecule has 1 heterocycles. The summed E-state index contributed by atoms with van der Waals surface area (Å²) in [5.74, 6) is 0.950. The molecule has 0 amide bonds. The lowest BCUT2D eigenvalue weighted by molar-refractivity contribution is 1.10. The van der Waals surface area contributed by atoms with Crippen molar-refractivity contribution >= 4 is 11.0 Å². The Morgan fingerprint density at radius 3 is 1.77 bits per heavy atom. The quantitative estimate of drug-likeness (QED) is 0.213. The van der Waals surface area contributed by atoms with Crippen molar-refractivity contribution in [2.45, 2.75) is 6.42 Å². The Morgan fingerprint density at radius 1 is 0.447 bits per heavy atom. The van der Waals surface area contributed by atoms with Crippen LogP contribution in [0.2, 0.25) is 0 Å². The fourth-order valence-corrected chi connectivity index (χ4v) is 7.12. The average molecular weight is 604 g/mol. The molecule has 0 radical (unpaired) electrons. The molecule has 0 bridgehead atoms. The SMILES string of the molecule is N.c1ccc(-c2ccc3c(c2-c2ccccc2)Cc2cc(-c4ccc(-c5nc6ccccc6n5-c5ccccc5)cc4)ccc2-3)cc1. The van der Waals surface area contributed by atoms with Gasteiger partial charge in [0.1, 0.15) is 5.82 Å². The number of aromatic nitrogens is 2. The summed E-state index contributed by atoms with van der Waals surface area (Å²) in [7, 11) is 0. The number of rotatable bonds is 5. The standard InChI is InChI=1S/C44H30N2.H3N/c1-4-12-31(13-5-1)38-26-27-39-37-25-24-34(28-35(37)29-40(39)43(38)32-14-6-2-7-15-32)30-20-22-33(23-21-30)44-45-41-18-10-11-19-42(41)46(44)36-16-8-3-9-17-36;/h1-28H,29H2;1H3. The maximum absolute atomic E-state index is 5.06. The smallest absolute Gasteiger partial charge is 0.145 e. The molecule has 0 spiro atoms. The van der Waals surface area contributed by atoms with Crippen molar-refractivity contribution in [3.63, 3.8) is 0 Å². The van der Waals surface area contributed by atoms with E-state index < -0.39 is 0 Å². The number of hydrogen-bond donors (Lipinski definition) is 1. The molecule has 1 aliphatic rings. The van der Waals surface area contributed by atoms with Crippen LogP contribution >= 0.6 is 0 Å². The normalized spacial score (nSPS) is 11.6. The van der Waals surface area contributed by atoms with Crippen LogP contribution in [0.15, 0.2) is 170 Å². The van der Waals surface area contributed by atoms with Gasteiger partial charge in [-0.15, -0.1) is 0 Å². The van der Waals surface area contributed by atoms with E-state index in [1.54, 1.807) is 0 Å². The van der Waals surface area contributed by atoms with Crippen LogP contribution in [0.4, 0.5) is 0 Å². The van der Waals surface area contributed by atoms with E-state index in [2.05, 4.69) is 174 Å². The van der Waals surface area contributed by atoms with Crippen molar-refractivity contribution in [1.29, 1.82) is 0 Å². The zero-order valence-electron chi connectivity index (χ0n) is 26.0. The number of imidazole rings is 1. The second-order valence-electron chi connectivity index (χ2n) is 12.0. The van der Waals surface area contributed by atoms with Gasteiger partial charge >= 0.3 is 0 Å². The second-order valence-corrected chi connectivity index (χ2v) is 12.0. The fourth-order valence-electron chi connectivity index (χ4n) is 7.12. The molecule has 0 saturated heterocycles. The van der Waals surface area contributed by atoms with Crippen molar-refractivity contribution in [2.24, 2.45) is 0 Å². The maximum atomic E-state index is 5.06. The minimum absolute atomic E-state index is 0. The molecule has 1 aliphatic carbocycles. The van der Waals surface area contributed by atoms with Crippen LogP contribution in [-0.2, 0) is 6.42 Å². The van der Waals surface area contributed by atoms with E-state index in [4.69, 9.17) is 4.98 Å². The molecule has 0 atom stereocenters. The van der Waals surface area contributed by atoms with Gasteiger partial charge in [0.05, 0.1) is 11.0 Å². The van der Waals surface area contributed by atoms with Gasteiger partial charge in [-0.05, 0) is 86.3 Å². The van der Waals surface area contributed by atoms with Crippen LogP contribution in [0.5, 0.6) is 0 Å². The molecule has 0 unspecified atom stereocenters. The van der Waals surface area contributed by atoms with Gasteiger partial charge in [-0.25, -0.2) is 4.98 Å². The molecule has 0 fully saturated rings. The lowest BCUT2D eigenvalue weighted by Crippen LogP contribution is -1.97. The summed E-state index contributed by atoms with van der Waals surface area (Å²) < 4.78 is 2.25. The van der Waals surface area contributed by atoms with Gasteiger partial charge < -0.3 is 6.15 Å². The van der Waals surface area contributed by atoms with Crippen LogP contribution in [0.25, 0.3) is 72.6 Å². The molecular formula is C44H33N3. The van der Waals surface area contributed by atoms with Crippen molar-refractivity contribution < 1.29 is 0 Å². The zero-order chi connectivity index (χ0) is 30.5. The van der Waals surface area contributed by atoms with Crippen LogP contribution in [-0.4, -0.2) is 9.55 Å². The van der Waals surface area contributed by atoms with Gasteiger partial charge in [-0.3, -0.25) is 4.57 Å². The van der Waals surface area contributed by atoms with Crippen LogP contribution in [0, 0.1) is 0 Å². The minimum atomic E-state index is 0. The van der Waals surface area contributed by atoms with Crippen molar-refractivity contribution in [3.05, 3.63) is 181 Å². The van der Waals surface area contributed by atoms with Crippen molar-refractivity contribution in [3.8, 4) is 61.6 Å². The minimum Gasteiger partial charge on any atom is -0.344 e. The molecule has 47 heavy (non-hydrogen) atoms. The molecular weight excluding hydrogens is 571 g/mol. The van der Waals surface area contributed by atoms with Crippen LogP contribution in [0.3, 0.4) is 0 Å². The topological polar surface area (TPSA) is 52.8 Å². The highest BCUT2D eigenvalue weighted by Gasteiger charge is 2.25. The molecule has 7 aromatic carbocycles. The second kappa shape index (κ2) is 11.7. The summed E-state index contributed by atoms with van der Waals surface area (Å²) in [6, 6.07) is 61.0. The summed E-state index contributed by atoms with van der Waals surface area (Å²) in [4.78, 5) is 5.06. The Balaban J connectivity index is 0.00000324. The van der Waals surface area contributed by atoms with Gasteiger partial charge in [-0.2, -0.15) is 0 Å². The summed E-state index contributed by atoms with van der Waals surface area (Å²) in [6.45, 7) is 0. The predicted molar refractivity (Wildman–Crippen MR) is 196 cm³/mol. The largest absolute Gasteiger partial charge is 0.344 e. The van der Waals surface area contributed by atoms with Gasteiger partial charge in [0, 0.05) is 11.3 Å². The van der Waals surface area contributed by atoms with E-state index in [1.807, 2.05) is 0 Å². The van der Waals surface area contributed by atoms with Crippen molar-refractivity contribution in [2.75, 3.05) is 0 Å². The van der Waals surface area contributed by atoms with Gasteiger partial charge in [0.15, 0.2) is 0 Å². The number of fused-ring (bicyclic) bond motifs is 4. The van der Waals surface area contributed by atoms with Crippen molar-refractivity contribution in [1.82, 2.24) is 15.7 Å². The number of benzene rings is 7. The summed E-state index contributed by atoms with van der Waals surface area (Å²) in [5.41, 5.74) is 17.4. The predicted octanol–water partition coefficient (Wildman–Crippen LogP) is 11.4. The number of hydrogen-bond acceptors (Lipinski definition) is 2. The molecule has 3 nitrogen and oxygen atoms in total. The average Bonchev–Trinajstić information content (AvgIpc) is 3.71. The van der Waals surface area contributed by atoms with E-state index in [0.717, 1.165) is 34.5 Å². The monoisotopic (exact) mass is 603 g/mol. The molecule has 0 aliphatic heterocycles. The van der Waals surface area contributed by atoms with E-state index in [1.165, 1.54) is 55.6 Å². The number of nitrogens with zero attached hydrogens (tertiary/aromatic N) is 2. The Labute approximate surface area is 275 Å². The molecule has 9 rings (SSSR count).